The number of carbonyl (C=O) groups excluding carboxylic acids is 3. The first-order valence-corrected chi connectivity index (χ1v) is 8.02. The minimum absolute atomic E-state index is 0.0183. The maximum Gasteiger partial charge on any atom is 0.337 e. The molecule has 0 spiro atoms. The van der Waals surface area contributed by atoms with Crippen LogP contribution in [0.1, 0.15) is 35.2 Å². The zero-order valence-electron chi connectivity index (χ0n) is 13.8. The van der Waals surface area contributed by atoms with E-state index < -0.39 is 5.97 Å². The van der Waals surface area contributed by atoms with Gasteiger partial charge in [-0.05, 0) is 43.0 Å². The van der Waals surface area contributed by atoms with Gasteiger partial charge in [-0.3, -0.25) is 9.59 Å². The number of nitrogens with one attached hydrogen (secondary N) is 1. The number of amides is 2. The average Bonchev–Trinajstić information content (AvgIpc) is 2.64. The fourth-order valence-electron chi connectivity index (χ4n) is 2.50. The summed E-state index contributed by atoms with van der Waals surface area (Å²) in [7, 11) is 1.33. The van der Waals surface area contributed by atoms with Crippen LogP contribution in [0.15, 0.2) is 30.3 Å². The van der Waals surface area contributed by atoms with E-state index in [-0.39, 0.29) is 18.4 Å². The Labute approximate surface area is 141 Å². The molecule has 0 saturated carbocycles. The van der Waals surface area contributed by atoms with Crippen LogP contribution in [-0.4, -0.2) is 49.4 Å². The maximum atomic E-state index is 11.9. The van der Waals surface area contributed by atoms with Crippen LogP contribution < -0.4 is 5.32 Å². The first-order chi connectivity index (χ1) is 11.6. The Bertz CT molecular complexity index is 616. The fourth-order valence-corrected chi connectivity index (χ4v) is 2.50. The third kappa shape index (κ3) is 5.22. The van der Waals surface area contributed by atoms with Gasteiger partial charge in [0.1, 0.15) is 0 Å². The topological polar surface area (TPSA) is 75.7 Å². The average molecular weight is 330 g/mol. The number of likely N-dealkylation sites (tertiary alicyclic amines) is 1. The van der Waals surface area contributed by atoms with Gasteiger partial charge in [-0.1, -0.05) is 12.1 Å². The van der Waals surface area contributed by atoms with Gasteiger partial charge in [0.2, 0.25) is 11.8 Å². The molecule has 0 aromatic heterocycles. The molecule has 0 aliphatic carbocycles. The van der Waals surface area contributed by atoms with Crippen molar-refractivity contribution in [3.8, 4) is 0 Å². The van der Waals surface area contributed by atoms with E-state index in [0.717, 1.165) is 37.9 Å². The lowest BCUT2D eigenvalue weighted by Crippen LogP contribution is -2.42. The van der Waals surface area contributed by atoms with Crippen molar-refractivity contribution in [3.63, 3.8) is 0 Å². The van der Waals surface area contributed by atoms with Crippen molar-refractivity contribution in [1.29, 1.82) is 0 Å². The molecule has 6 heteroatoms. The Morgan fingerprint density at radius 1 is 1.12 bits per heavy atom. The Hall–Kier alpha value is -2.63. The lowest BCUT2D eigenvalue weighted by molar-refractivity contribution is -0.132. The van der Waals surface area contributed by atoms with E-state index >= 15 is 0 Å². The van der Waals surface area contributed by atoms with Gasteiger partial charge in [0.25, 0.3) is 0 Å². The maximum absolute atomic E-state index is 11.9. The van der Waals surface area contributed by atoms with Gasteiger partial charge in [-0.15, -0.1) is 0 Å². The van der Waals surface area contributed by atoms with Gasteiger partial charge in [-0.25, -0.2) is 4.79 Å². The van der Waals surface area contributed by atoms with Gasteiger partial charge in [-0.2, -0.15) is 0 Å². The molecule has 2 rings (SSSR count). The first-order valence-electron chi connectivity index (χ1n) is 8.02. The van der Waals surface area contributed by atoms with E-state index in [0.29, 0.717) is 5.56 Å². The number of esters is 1. The van der Waals surface area contributed by atoms with Crippen molar-refractivity contribution in [2.24, 2.45) is 0 Å². The third-order valence-electron chi connectivity index (χ3n) is 3.88. The Kier molecular flexibility index (Phi) is 6.54. The molecule has 2 amide bonds. The molecule has 1 heterocycles. The molecule has 1 saturated heterocycles. The number of rotatable bonds is 5. The van der Waals surface area contributed by atoms with Gasteiger partial charge >= 0.3 is 5.97 Å². The van der Waals surface area contributed by atoms with Gasteiger partial charge in [0, 0.05) is 19.2 Å². The van der Waals surface area contributed by atoms with Crippen LogP contribution >= 0.6 is 0 Å². The van der Waals surface area contributed by atoms with E-state index in [1.807, 2.05) is 0 Å². The van der Waals surface area contributed by atoms with Crippen LogP contribution in [0.3, 0.4) is 0 Å². The number of nitrogens with zero attached hydrogens (tertiary/aromatic N) is 1. The minimum Gasteiger partial charge on any atom is -0.465 e. The van der Waals surface area contributed by atoms with Gasteiger partial charge in [0.05, 0.1) is 19.2 Å². The zero-order valence-corrected chi connectivity index (χ0v) is 13.8. The minimum atomic E-state index is -0.403. The summed E-state index contributed by atoms with van der Waals surface area (Å²) in [6.07, 6.45) is 6.22. The molecule has 0 atom stereocenters. The molecular formula is C18H22N2O4. The molecule has 0 unspecified atom stereocenters. The number of methoxy groups -OCH3 is 1. The Balaban J connectivity index is 1.79. The molecule has 24 heavy (non-hydrogen) atoms. The highest BCUT2D eigenvalue weighted by atomic mass is 16.5. The predicted molar refractivity (Wildman–Crippen MR) is 90.3 cm³/mol. The van der Waals surface area contributed by atoms with E-state index in [9.17, 15) is 14.4 Å². The second-order valence-electron chi connectivity index (χ2n) is 5.61. The third-order valence-corrected chi connectivity index (χ3v) is 3.88. The number of benzene rings is 1. The highest BCUT2D eigenvalue weighted by molar-refractivity contribution is 5.94. The summed E-state index contributed by atoms with van der Waals surface area (Å²) in [5.41, 5.74) is 1.23. The van der Waals surface area contributed by atoms with Crippen molar-refractivity contribution in [2.75, 3.05) is 26.7 Å². The van der Waals surface area contributed by atoms with Gasteiger partial charge in [0.15, 0.2) is 0 Å². The van der Waals surface area contributed by atoms with Crippen molar-refractivity contribution < 1.29 is 19.1 Å². The van der Waals surface area contributed by atoms with Crippen LogP contribution in [0.25, 0.3) is 6.08 Å². The lowest BCUT2D eigenvalue weighted by atomic mass is 10.1. The van der Waals surface area contributed by atoms with E-state index in [2.05, 4.69) is 10.1 Å². The van der Waals surface area contributed by atoms with Crippen LogP contribution in [-0.2, 0) is 14.3 Å². The summed E-state index contributed by atoms with van der Waals surface area (Å²) in [6.45, 7) is 1.57. The fraction of sp³-hybridized carbons (Fsp3) is 0.389. The molecular weight excluding hydrogens is 308 g/mol. The molecule has 128 valence electrons. The predicted octanol–water partition coefficient (Wildman–Crippen LogP) is 1.62. The van der Waals surface area contributed by atoms with Gasteiger partial charge < -0.3 is 15.0 Å². The summed E-state index contributed by atoms with van der Waals surface area (Å²) < 4.78 is 4.62. The summed E-state index contributed by atoms with van der Waals surface area (Å²) in [6, 6.07) is 6.69. The molecule has 1 aromatic rings. The van der Waals surface area contributed by atoms with Crippen LogP contribution in [0.2, 0.25) is 0 Å². The number of hydrogen-bond acceptors (Lipinski definition) is 4. The monoisotopic (exact) mass is 330 g/mol. The highest BCUT2D eigenvalue weighted by Crippen LogP contribution is 2.09. The normalized spacial score (nSPS) is 14.5. The standard InChI is InChI=1S/C18H22N2O4/c1-24-18(23)15-8-5-14(6-9-15)7-10-16(21)19-13-17(22)20-11-3-2-4-12-20/h5-10H,2-4,11-13H2,1H3,(H,19,21)/b10-7-. The quantitative estimate of drug-likeness (QED) is 0.657. The first kappa shape index (κ1) is 17.7. The molecule has 0 bridgehead atoms. The van der Waals surface area contributed by atoms with Crippen molar-refractivity contribution in [3.05, 3.63) is 41.5 Å². The second-order valence-corrected chi connectivity index (χ2v) is 5.61. The summed E-state index contributed by atoms with van der Waals surface area (Å²) in [5.74, 6) is -0.768. The summed E-state index contributed by atoms with van der Waals surface area (Å²) in [5, 5.41) is 2.60. The SMILES string of the molecule is COC(=O)c1ccc(/C=C\C(=O)NCC(=O)N2CCCCC2)cc1. The van der Waals surface area contributed by atoms with Crippen LogP contribution in [0.4, 0.5) is 0 Å². The summed E-state index contributed by atoms with van der Waals surface area (Å²) in [4.78, 5) is 36.9. The zero-order chi connectivity index (χ0) is 17.4. The van der Waals surface area contributed by atoms with Crippen molar-refractivity contribution in [2.45, 2.75) is 19.3 Å². The highest BCUT2D eigenvalue weighted by Gasteiger charge is 2.16. The molecule has 6 nitrogen and oxygen atoms in total. The smallest absolute Gasteiger partial charge is 0.337 e. The number of ether oxygens (including phenoxy) is 1. The second kappa shape index (κ2) is 8.86. The van der Waals surface area contributed by atoms with E-state index in [4.69, 9.17) is 0 Å². The molecule has 1 N–H and O–H groups in total. The molecule has 1 aromatic carbocycles. The van der Waals surface area contributed by atoms with E-state index in [1.165, 1.54) is 13.2 Å². The van der Waals surface area contributed by atoms with Crippen LogP contribution in [0.5, 0.6) is 0 Å². The molecule has 1 fully saturated rings. The van der Waals surface area contributed by atoms with Crippen molar-refractivity contribution in [1.82, 2.24) is 10.2 Å². The van der Waals surface area contributed by atoms with Crippen LogP contribution in [0, 0.1) is 0 Å². The molecule has 1 aliphatic heterocycles. The summed E-state index contributed by atoms with van der Waals surface area (Å²) >= 11 is 0. The molecule has 1 aliphatic rings. The van der Waals surface area contributed by atoms with Crippen molar-refractivity contribution >= 4 is 23.9 Å². The Morgan fingerprint density at radius 2 is 1.79 bits per heavy atom. The lowest BCUT2D eigenvalue weighted by Gasteiger charge is -2.26. The Morgan fingerprint density at radius 3 is 2.42 bits per heavy atom. The number of piperidine rings is 1. The van der Waals surface area contributed by atoms with E-state index in [1.54, 1.807) is 35.2 Å². The molecule has 0 radical (unpaired) electrons. The number of hydrogen-bond donors (Lipinski definition) is 1. The number of carbonyl (C=O) groups is 3. The largest absolute Gasteiger partial charge is 0.465 e.